The van der Waals surface area contributed by atoms with Gasteiger partial charge in [0.1, 0.15) is 0 Å². The Hall–Kier alpha value is -1.78. The van der Waals surface area contributed by atoms with E-state index in [4.69, 9.17) is 17.3 Å². The van der Waals surface area contributed by atoms with Crippen molar-refractivity contribution in [3.8, 4) is 0 Å². The van der Waals surface area contributed by atoms with Gasteiger partial charge in [-0.1, -0.05) is 23.7 Å². The van der Waals surface area contributed by atoms with Crippen molar-refractivity contribution in [2.45, 2.75) is 0 Å². The van der Waals surface area contributed by atoms with Crippen molar-refractivity contribution in [3.63, 3.8) is 0 Å². The largest absolute Gasteiger partial charge is 0.399 e. The Morgan fingerprint density at radius 2 is 1.90 bits per heavy atom. The summed E-state index contributed by atoms with van der Waals surface area (Å²) in [5.74, 6) is -0.218. The third-order valence-corrected chi connectivity index (χ3v) is 3.44. The monoisotopic (exact) mass is 350 g/mol. The maximum Gasteiger partial charge on any atom is 0.248 e. The van der Waals surface area contributed by atoms with Gasteiger partial charge in [0.15, 0.2) is 0 Å². The summed E-state index contributed by atoms with van der Waals surface area (Å²) in [5, 5.41) is 3.37. The highest BCUT2D eigenvalue weighted by Gasteiger charge is 2.03. The van der Waals surface area contributed by atoms with Crippen LogP contribution in [0.3, 0.4) is 0 Å². The number of nitrogens with one attached hydrogen (secondary N) is 1. The maximum atomic E-state index is 11.8. The van der Waals surface area contributed by atoms with Gasteiger partial charge in [-0.15, -0.1) is 0 Å². The van der Waals surface area contributed by atoms with Gasteiger partial charge in [-0.25, -0.2) is 0 Å². The molecule has 0 atom stereocenters. The van der Waals surface area contributed by atoms with Crippen LogP contribution in [0.5, 0.6) is 0 Å². The summed E-state index contributed by atoms with van der Waals surface area (Å²) in [4.78, 5) is 11.8. The molecular formula is C15H12BrClN2O. The number of rotatable bonds is 3. The van der Waals surface area contributed by atoms with Gasteiger partial charge >= 0.3 is 0 Å². The van der Waals surface area contributed by atoms with Crippen LogP contribution < -0.4 is 11.1 Å². The molecular weight excluding hydrogens is 340 g/mol. The summed E-state index contributed by atoms with van der Waals surface area (Å²) in [6, 6.07) is 12.4. The summed E-state index contributed by atoms with van der Waals surface area (Å²) < 4.78 is 0.735. The number of carbonyl (C=O) groups excluding carboxylic acids is 1. The van der Waals surface area contributed by atoms with Crippen LogP contribution in [0.1, 0.15) is 5.56 Å². The Kier molecular flexibility index (Phi) is 4.82. The lowest BCUT2D eigenvalue weighted by Gasteiger charge is -2.05. The minimum Gasteiger partial charge on any atom is -0.399 e. The van der Waals surface area contributed by atoms with Gasteiger partial charge in [0.2, 0.25) is 5.91 Å². The van der Waals surface area contributed by atoms with Gasteiger partial charge in [0.05, 0.1) is 5.69 Å². The molecule has 0 aromatic heterocycles. The molecule has 0 aliphatic rings. The first kappa shape index (κ1) is 14.6. The molecule has 0 saturated carbocycles. The Balaban J connectivity index is 2.03. The number of carbonyl (C=O) groups is 1. The summed E-state index contributed by atoms with van der Waals surface area (Å²) in [6.07, 6.45) is 3.19. The van der Waals surface area contributed by atoms with Gasteiger partial charge in [0.25, 0.3) is 0 Å². The zero-order chi connectivity index (χ0) is 14.5. The molecule has 0 unspecified atom stereocenters. The van der Waals surface area contributed by atoms with E-state index < -0.39 is 0 Å². The molecule has 0 aliphatic heterocycles. The van der Waals surface area contributed by atoms with Crippen molar-refractivity contribution < 1.29 is 4.79 Å². The Bertz CT molecular complexity index is 653. The predicted molar refractivity (Wildman–Crippen MR) is 87.7 cm³/mol. The smallest absolute Gasteiger partial charge is 0.248 e. The van der Waals surface area contributed by atoms with Gasteiger partial charge in [0, 0.05) is 21.3 Å². The second-order valence-electron chi connectivity index (χ2n) is 4.11. The SMILES string of the molecule is Nc1ccc(/C=C/C(=O)Nc2ccc(Cl)cc2Br)cc1. The number of hydrogen-bond donors (Lipinski definition) is 2. The lowest BCUT2D eigenvalue weighted by atomic mass is 10.2. The van der Waals surface area contributed by atoms with E-state index in [0.717, 1.165) is 10.0 Å². The predicted octanol–water partition coefficient (Wildman–Crippen LogP) is 4.34. The van der Waals surface area contributed by atoms with E-state index in [1.165, 1.54) is 6.08 Å². The van der Waals surface area contributed by atoms with E-state index >= 15 is 0 Å². The molecule has 102 valence electrons. The second-order valence-corrected chi connectivity index (χ2v) is 5.40. The molecule has 2 aromatic rings. The van der Waals surface area contributed by atoms with E-state index in [-0.39, 0.29) is 5.91 Å². The second kappa shape index (κ2) is 6.59. The Morgan fingerprint density at radius 1 is 1.20 bits per heavy atom. The van der Waals surface area contributed by atoms with Crippen LogP contribution in [0.25, 0.3) is 6.08 Å². The number of halogens is 2. The van der Waals surface area contributed by atoms with Crippen LogP contribution in [-0.2, 0) is 4.79 Å². The van der Waals surface area contributed by atoms with Crippen LogP contribution in [-0.4, -0.2) is 5.91 Å². The van der Waals surface area contributed by atoms with E-state index in [1.807, 2.05) is 12.1 Å². The van der Waals surface area contributed by atoms with Crippen LogP contribution in [0.4, 0.5) is 11.4 Å². The number of anilines is 2. The third-order valence-electron chi connectivity index (χ3n) is 2.55. The van der Waals surface area contributed by atoms with Crippen LogP contribution in [0.15, 0.2) is 53.0 Å². The highest BCUT2D eigenvalue weighted by Crippen LogP contribution is 2.25. The average Bonchev–Trinajstić information content (AvgIpc) is 2.41. The fraction of sp³-hybridized carbons (Fsp3) is 0. The lowest BCUT2D eigenvalue weighted by molar-refractivity contribution is -0.111. The number of nitrogen functional groups attached to an aromatic ring is 1. The molecule has 0 heterocycles. The van der Waals surface area contributed by atoms with Gasteiger partial charge in [-0.3, -0.25) is 4.79 Å². The zero-order valence-corrected chi connectivity index (χ0v) is 12.8. The van der Waals surface area contributed by atoms with Crippen LogP contribution in [0, 0.1) is 0 Å². The van der Waals surface area contributed by atoms with Crippen LogP contribution >= 0.6 is 27.5 Å². The van der Waals surface area contributed by atoms with Crippen molar-refractivity contribution in [3.05, 3.63) is 63.6 Å². The molecule has 0 radical (unpaired) electrons. The van der Waals surface area contributed by atoms with E-state index in [2.05, 4.69) is 21.2 Å². The third kappa shape index (κ3) is 4.11. The molecule has 20 heavy (non-hydrogen) atoms. The highest BCUT2D eigenvalue weighted by atomic mass is 79.9. The van der Waals surface area contributed by atoms with E-state index in [1.54, 1.807) is 36.4 Å². The quantitative estimate of drug-likeness (QED) is 0.638. The molecule has 2 aromatic carbocycles. The summed E-state index contributed by atoms with van der Waals surface area (Å²) in [6.45, 7) is 0. The Morgan fingerprint density at radius 3 is 2.55 bits per heavy atom. The number of amides is 1. The summed E-state index contributed by atoms with van der Waals surface area (Å²) in [5.41, 5.74) is 7.86. The molecule has 1 amide bonds. The molecule has 3 nitrogen and oxygen atoms in total. The fourth-order valence-corrected chi connectivity index (χ4v) is 2.33. The van der Waals surface area contributed by atoms with Gasteiger partial charge in [-0.2, -0.15) is 0 Å². The molecule has 0 fully saturated rings. The minimum absolute atomic E-state index is 0.218. The minimum atomic E-state index is -0.218. The van der Waals surface area contributed by atoms with Crippen molar-refractivity contribution in [1.82, 2.24) is 0 Å². The van der Waals surface area contributed by atoms with E-state index in [9.17, 15) is 4.79 Å². The van der Waals surface area contributed by atoms with Crippen LogP contribution in [0.2, 0.25) is 5.02 Å². The normalized spacial score (nSPS) is 10.7. The first-order chi connectivity index (χ1) is 9.54. The van der Waals surface area contributed by atoms with E-state index in [0.29, 0.717) is 16.4 Å². The summed E-state index contributed by atoms with van der Waals surface area (Å²) in [7, 11) is 0. The highest BCUT2D eigenvalue weighted by molar-refractivity contribution is 9.10. The first-order valence-corrected chi connectivity index (χ1v) is 7.01. The molecule has 0 aliphatic carbocycles. The topological polar surface area (TPSA) is 55.1 Å². The summed E-state index contributed by atoms with van der Waals surface area (Å²) >= 11 is 9.18. The fourth-order valence-electron chi connectivity index (χ4n) is 1.54. The number of nitrogens with two attached hydrogens (primary N) is 1. The molecule has 0 saturated heterocycles. The van der Waals surface area contributed by atoms with Crippen molar-refractivity contribution in [2.24, 2.45) is 0 Å². The van der Waals surface area contributed by atoms with Gasteiger partial charge < -0.3 is 11.1 Å². The zero-order valence-electron chi connectivity index (χ0n) is 10.4. The number of benzene rings is 2. The molecule has 0 spiro atoms. The van der Waals surface area contributed by atoms with Gasteiger partial charge in [-0.05, 0) is 57.9 Å². The van der Waals surface area contributed by atoms with Crippen molar-refractivity contribution in [2.75, 3.05) is 11.1 Å². The molecule has 2 rings (SSSR count). The standard InChI is InChI=1S/C15H12BrClN2O/c16-13-9-11(17)4-7-14(13)19-15(20)8-3-10-1-5-12(18)6-2-10/h1-9H,18H2,(H,19,20)/b8-3+. The lowest BCUT2D eigenvalue weighted by Crippen LogP contribution is -2.08. The molecule has 0 bridgehead atoms. The maximum absolute atomic E-state index is 11.8. The first-order valence-electron chi connectivity index (χ1n) is 5.84. The Labute approximate surface area is 130 Å². The molecule has 3 N–H and O–H groups in total. The van der Waals surface area contributed by atoms with Crippen molar-refractivity contribution >= 4 is 50.9 Å². The molecule has 5 heteroatoms. The average molecular weight is 352 g/mol. The number of hydrogen-bond acceptors (Lipinski definition) is 2. The van der Waals surface area contributed by atoms with Crippen molar-refractivity contribution in [1.29, 1.82) is 0 Å².